The fourth-order valence-electron chi connectivity index (χ4n) is 10.6. The maximum Gasteiger partial charge on any atom is 0.323 e. The number of urea groups is 1. The molecule has 0 spiro atoms. The second kappa shape index (κ2) is 20.1. The molecule has 0 unspecified atom stereocenters. The number of amides is 5. The Labute approximate surface area is 411 Å². The molecule has 5 amide bonds. The molecular weight excluding hydrogens is 915 g/mol. The summed E-state index contributed by atoms with van der Waals surface area (Å²) < 4.78 is 20.4. The van der Waals surface area contributed by atoms with Gasteiger partial charge in [-0.25, -0.2) is 15.2 Å². The summed E-state index contributed by atoms with van der Waals surface area (Å²) in [7, 11) is 3.61. The number of thiazole rings is 1. The second-order valence-corrected chi connectivity index (χ2v) is 22.8. The third-order valence-corrected chi connectivity index (χ3v) is 16.2. The van der Waals surface area contributed by atoms with Crippen molar-refractivity contribution in [3.63, 3.8) is 0 Å². The van der Waals surface area contributed by atoms with Gasteiger partial charge in [-0.3, -0.25) is 29.2 Å². The molecule has 19 heteroatoms. The molecule has 6 atom stereocenters. The van der Waals surface area contributed by atoms with Crippen molar-refractivity contribution in [2.45, 2.75) is 109 Å². The molecule has 0 aliphatic carbocycles. The van der Waals surface area contributed by atoms with Crippen molar-refractivity contribution in [2.24, 2.45) is 11.3 Å². The maximum atomic E-state index is 14.9. The lowest BCUT2D eigenvalue weighted by atomic mass is 9.84. The first kappa shape index (κ1) is 49.9. The summed E-state index contributed by atoms with van der Waals surface area (Å²) >= 11 is 1.41. The molecule has 3 fully saturated rings. The lowest BCUT2D eigenvalue weighted by Crippen LogP contribution is -2.67. The number of methoxy groups -OCH3 is 1. The molecule has 4 aliphatic rings. The quantitative estimate of drug-likeness (QED) is 0.140. The first-order valence-corrected chi connectivity index (χ1v) is 26.0. The van der Waals surface area contributed by atoms with Crippen molar-refractivity contribution < 1.29 is 38.2 Å². The minimum absolute atomic E-state index is 0.0635. The Bertz CT molecular complexity index is 2630. The summed E-state index contributed by atoms with van der Waals surface area (Å²) in [6.07, 6.45) is 4.10. The van der Waals surface area contributed by atoms with E-state index in [1.807, 2.05) is 32.2 Å². The molecule has 4 aromatic rings. The first-order valence-electron chi connectivity index (χ1n) is 24.1. The fourth-order valence-corrected chi connectivity index (χ4v) is 12.2. The highest BCUT2D eigenvalue weighted by molar-refractivity contribution is 7.10. The number of carbonyl (C=O) groups is 5. The first-order chi connectivity index (χ1) is 32.9. The lowest BCUT2D eigenvalue weighted by Gasteiger charge is -2.41. The summed E-state index contributed by atoms with van der Waals surface area (Å²) in [5.41, 5.74) is 9.38. The summed E-state index contributed by atoms with van der Waals surface area (Å²) in [5, 5.41) is 7.06. The average Bonchev–Trinajstić information content (AvgIpc) is 4.07. The number of hydrazine groups is 1. The molecule has 2 N–H and O–H groups in total. The number of aryl methyl sites for hydroxylation is 1. The number of nitrogens with one attached hydrogen (secondary N) is 2. The Balaban J connectivity index is 1.15. The number of esters is 1. The fraction of sp³-hybridized carbons (Fsp3) is 0.540. The number of nitrogens with zero attached hydrogens (tertiary/aromatic N) is 7. The van der Waals surface area contributed by atoms with Crippen LogP contribution in [0.1, 0.15) is 76.8 Å². The van der Waals surface area contributed by atoms with Gasteiger partial charge < -0.3 is 38.8 Å². The van der Waals surface area contributed by atoms with Crippen molar-refractivity contribution >= 4 is 62.2 Å². The summed E-state index contributed by atoms with van der Waals surface area (Å²) in [5.74, 6) is -1.91. The van der Waals surface area contributed by atoms with Crippen molar-refractivity contribution in [2.75, 3.05) is 53.6 Å². The number of fused-ring (bicyclic) bond motifs is 7. The smallest absolute Gasteiger partial charge is 0.323 e. The number of aromatic nitrogens is 3. The number of pyridine rings is 1. The van der Waals surface area contributed by atoms with E-state index in [1.165, 1.54) is 27.3 Å². The van der Waals surface area contributed by atoms with Gasteiger partial charge in [0.05, 0.1) is 60.1 Å². The van der Waals surface area contributed by atoms with Crippen molar-refractivity contribution in [3.8, 4) is 22.5 Å². The van der Waals surface area contributed by atoms with Gasteiger partial charge in [-0.2, -0.15) is 0 Å². The number of morpholine rings is 1. The van der Waals surface area contributed by atoms with Gasteiger partial charge in [0.15, 0.2) is 0 Å². The number of cyclic esters (lactones) is 1. The predicted molar refractivity (Wildman–Crippen MR) is 267 cm³/mol. The zero-order valence-electron chi connectivity index (χ0n) is 41.4. The molecule has 7 heterocycles. The summed E-state index contributed by atoms with van der Waals surface area (Å²) in [6.45, 7) is 18.1. The monoisotopic (exact) mass is 981 g/mol. The van der Waals surface area contributed by atoms with Gasteiger partial charge in [0.1, 0.15) is 17.2 Å². The molecule has 1 aromatic carbocycles. The molecule has 69 heavy (non-hydrogen) atoms. The minimum atomic E-state index is -1.11. The number of rotatable bonds is 9. The highest BCUT2D eigenvalue weighted by Gasteiger charge is 2.47. The Morgan fingerprint density at radius 2 is 1.94 bits per heavy atom. The molecular formula is C50H67N9O8SSi. The van der Waals surface area contributed by atoms with Gasteiger partial charge in [-0.05, 0) is 74.9 Å². The topological polar surface area (TPSA) is 181 Å². The van der Waals surface area contributed by atoms with Crippen molar-refractivity contribution in [1.82, 2.24) is 45.0 Å². The number of hydrogen-bond acceptors (Lipinski definition) is 12. The van der Waals surface area contributed by atoms with E-state index >= 15 is 0 Å². The van der Waals surface area contributed by atoms with Gasteiger partial charge in [0.2, 0.25) is 11.8 Å². The molecule has 8 rings (SSSR count). The zero-order valence-corrected chi connectivity index (χ0v) is 44.2. The van der Waals surface area contributed by atoms with Gasteiger partial charge in [0.25, 0.3) is 5.91 Å². The maximum absolute atomic E-state index is 14.9. The van der Waals surface area contributed by atoms with Crippen LogP contribution in [0.4, 0.5) is 4.79 Å². The lowest BCUT2D eigenvalue weighted by molar-refractivity contribution is -0.158. The minimum Gasteiger partial charge on any atom is -0.464 e. The van der Waals surface area contributed by atoms with Crippen LogP contribution in [0.2, 0.25) is 0 Å². The number of carbonyl (C=O) groups excluding carboxylic acids is 5. The van der Waals surface area contributed by atoms with Crippen LogP contribution in [0.25, 0.3) is 33.4 Å². The van der Waals surface area contributed by atoms with E-state index in [1.54, 1.807) is 30.2 Å². The SMILES string of the molecule is C=CC(=O)N1CCO[C@@H]2CN(C(=O)N(C)[C@H](C(=O)N[C@H]3Cc4nc(cs4)-c4ccc5c(c4)c(c(-c4cccnc4[C@H](C)OC)n5CC)CC(C)(C)COC(=O)[C@@]4([SiH3])CCCN(N4)C3=O)C(C)C)C[C@H]21. The van der Waals surface area contributed by atoms with E-state index in [-0.39, 0.29) is 62.2 Å². The average molecular weight is 982 g/mol. The number of benzene rings is 1. The number of likely N-dealkylation sites (tertiary alicyclic amines) is 1. The molecule has 3 aromatic heterocycles. The molecule has 0 radical (unpaired) electrons. The van der Waals surface area contributed by atoms with Crippen molar-refractivity contribution in [1.29, 1.82) is 0 Å². The Morgan fingerprint density at radius 1 is 1.16 bits per heavy atom. The van der Waals surface area contributed by atoms with Crippen molar-refractivity contribution in [3.05, 3.63) is 70.8 Å². The zero-order chi connectivity index (χ0) is 49.5. The van der Waals surface area contributed by atoms with Crippen LogP contribution in [-0.4, -0.2) is 157 Å². The summed E-state index contributed by atoms with van der Waals surface area (Å²) in [6, 6.07) is 7.62. The van der Waals surface area contributed by atoms with E-state index < -0.39 is 40.4 Å². The molecule has 6 bridgehead atoms. The van der Waals surface area contributed by atoms with Crippen LogP contribution >= 0.6 is 11.3 Å². The second-order valence-electron chi connectivity index (χ2n) is 20.2. The molecule has 4 aliphatic heterocycles. The molecule has 0 saturated carbocycles. The summed E-state index contributed by atoms with van der Waals surface area (Å²) in [4.78, 5) is 85.4. The Morgan fingerprint density at radius 3 is 2.67 bits per heavy atom. The van der Waals surface area contributed by atoms with Crippen LogP contribution in [0.5, 0.6) is 0 Å². The molecule has 3 saturated heterocycles. The number of hydrogen-bond donors (Lipinski definition) is 2. The Kier molecular flexibility index (Phi) is 14.5. The van der Waals surface area contributed by atoms with E-state index in [4.69, 9.17) is 24.2 Å². The third kappa shape index (κ3) is 9.85. The highest BCUT2D eigenvalue weighted by atomic mass is 32.1. The van der Waals surface area contributed by atoms with Gasteiger partial charge >= 0.3 is 12.0 Å². The number of likely N-dealkylation sites (N-methyl/N-ethyl adjacent to an activating group) is 1. The van der Waals surface area contributed by atoms with Crippen LogP contribution in [-0.2, 0) is 52.8 Å². The number of ether oxygens (including phenoxy) is 3. The normalized spacial score (nSPS) is 23.8. The molecule has 370 valence electrons. The van der Waals surface area contributed by atoms with Crippen LogP contribution in [0, 0.1) is 11.3 Å². The third-order valence-electron chi connectivity index (χ3n) is 14.2. The van der Waals surface area contributed by atoms with Crippen LogP contribution < -0.4 is 10.7 Å². The van der Waals surface area contributed by atoms with Crippen LogP contribution in [0.3, 0.4) is 0 Å². The van der Waals surface area contributed by atoms with Gasteiger partial charge in [0, 0.05) is 96.0 Å². The van der Waals surface area contributed by atoms with Gasteiger partial charge in [-0.15, -0.1) is 11.3 Å². The highest BCUT2D eigenvalue weighted by Crippen LogP contribution is 2.42. The standard InChI is InChI=1S/C50H67N9O8SSi/c1-10-41(60)58-20-21-66-39-26-56(25-38(39)58)48(64)55(8)43(29(3)4)45(61)53-35-23-40-52-36(27-68-40)31-15-16-37-33(22-31)34(44(57(37)11-2)32-14-12-18-51-42(32)30(5)65-9)24-49(6,7)28-67-47(63)50(69)17-13-19-59(54-50)46(35)62/h10,12,14-16,18,22,27,29-30,35,38-39,43,54H,1,11,13,17,19-21,23-26,28H2,2-9,69H3,(H,53,61)/t30-,35-,38+,39+,43-,50-/m0/s1. The van der Waals surface area contributed by atoms with E-state index in [9.17, 15) is 24.0 Å². The largest absolute Gasteiger partial charge is 0.464 e. The molecule has 17 nitrogen and oxygen atoms in total. The predicted octanol–water partition coefficient (Wildman–Crippen LogP) is 4.07. The Hall–Kier alpha value is -5.47. The van der Waals surface area contributed by atoms with Crippen LogP contribution in [0.15, 0.2) is 54.6 Å². The van der Waals surface area contributed by atoms with E-state index in [0.29, 0.717) is 60.8 Å². The van der Waals surface area contributed by atoms with Gasteiger partial charge in [-0.1, -0.05) is 40.3 Å². The van der Waals surface area contributed by atoms with E-state index in [2.05, 4.69) is 66.9 Å². The van der Waals surface area contributed by atoms with E-state index in [0.717, 1.165) is 44.7 Å².